The fourth-order valence-electron chi connectivity index (χ4n) is 4.26. The number of anilines is 2. The molecule has 0 fully saturated rings. The highest BCUT2D eigenvalue weighted by Gasteiger charge is 2.19. The van der Waals surface area contributed by atoms with Gasteiger partial charge in [-0.25, -0.2) is 4.79 Å². The second kappa shape index (κ2) is 14.0. The van der Waals surface area contributed by atoms with E-state index in [4.69, 9.17) is 14.6 Å². The molecule has 0 aromatic heterocycles. The molecule has 0 saturated heterocycles. The fourth-order valence-corrected chi connectivity index (χ4v) is 4.26. The molecule has 0 aliphatic carbocycles. The Morgan fingerprint density at radius 2 is 1.49 bits per heavy atom. The van der Waals surface area contributed by atoms with Crippen LogP contribution in [-0.4, -0.2) is 51.4 Å². The average molecular weight is 551 g/mol. The maximum Gasteiger partial charge on any atom is 0.330 e. The third-order valence-electron chi connectivity index (χ3n) is 6.51. The first-order chi connectivity index (χ1) is 19.9. The van der Waals surface area contributed by atoms with E-state index in [0.29, 0.717) is 23.5 Å². The summed E-state index contributed by atoms with van der Waals surface area (Å²) in [6.45, 7) is 0.433. The Bertz CT molecular complexity index is 1480. The number of benzene rings is 4. The number of aliphatic hydroxyl groups excluding tert-OH is 1. The molecule has 0 radical (unpaired) electrons. The highest BCUT2D eigenvalue weighted by Crippen LogP contribution is 2.26. The number of carbonyl (C=O) groups is 2. The van der Waals surface area contributed by atoms with E-state index >= 15 is 0 Å². The zero-order valence-electron chi connectivity index (χ0n) is 23.5. The Morgan fingerprint density at radius 1 is 0.829 bits per heavy atom. The van der Waals surface area contributed by atoms with Crippen molar-refractivity contribution in [2.45, 2.75) is 6.54 Å². The largest absolute Gasteiger partial charge is 0.491 e. The topological polar surface area (TPSA) is 79.3 Å². The van der Waals surface area contributed by atoms with Gasteiger partial charge in [0.1, 0.15) is 12.4 Å². The molecule has 41 heavy (non-hydrogen) atoms. The van der Waals surface area contributed by atoms with E-state index in [-0.39, 0.29) is 19.1 Å². The normalized spacial score (nSPS) is 10.8. The predicted octanol–water partition coefficient (Wildman–Crippen LogP) is 5.82. The third-order valence-corrected chi connectivity index (χ3v) is 6.51. The van der Waals surface area contributed by atoms with Crippen LogP contribution in [0.3, 0.4) is 0 Å². The molecule has 4 rings (SSSR count). The van der Waals surface area contributed by atoms with Gasteiger partial charge < -0.3 is 24.4 Å². The number of ether oxygens (including phenoxy) is 2. The van der Waals surface area contributed by atoms with Gasteiger partial charge in [-0.2, -0.15) is 0 Å². The van der Waals surface area contributed by atoms with Crippen LogP contribution >= 0.6 is 0 Å². The second-order valence-corrected chi connectivity index (χ2v) is 9.58. The van der Waals surface area contributed by atoms with Crippen molar-refractivity contribution in [2.75, 3.05) is 44.2 Å². The van der Waals surface area contributed by atoms with Gasteiger partial charge in [-0.05, 0) is 76.9 Å². The SMILES string of the molecule is COC(=O)/C=C/c1cccc(N(Cc2ccc(-c3ccc(N(C)C)cc3)cc2)C(=O)c2ccc(OCCO)cc2)c1. The van der Waals surface area contributed by atoms with Gasteiger partial charge in [0.15, 0.2) is 0 Å². The number of hydrogen-bond acceptors (Lipinski definition) is 6. The molecule has 0 heterocycles. The molecule has 4 aromatic carbocycles. The molecule has 1 amide bonds. The number of hydrogen-bond donors (Lipinski definition) is 1. The van der Waals surface area contributed by atoms with Gasteiger partial charge >= 0.3 is 5.97 Å². The number of methoxy groups -OCH3 is 1. The number of esters is 1. The van der Waals surface area contributed by atoms with Gasteiger partial charge in [0, 0.05) is 37.1 Å². The number of aliphatic hydroxyl groups is 1. The van der Waals surface area contributed by atoms with Gasteiger partial charge in [-0.15, -0.1) is 0 Å². The van der Waals surface area contributed by atoms with Crippen LogP contribution in [0.1, 0.15) is 21.5 Å². The van der Waals surface area contributed by atoms with E-state index in [1.165, 1.54) is 13.2 Å². The molecular weight excluding hydrogens is 516 g/mol. The van der Waals surface area contributed by atoms with Crippen molar-refractivity contribution in [1.82, 2.24) is 0 Å². The van der Waals surface area contributed by atoms with Crippen LogP contribution in [0.4, 0.5) is 11.4 Å². The van der Waals surface area contributed by atoms with E-state index in [0.717, 1.165) is 27.9 Å². The summed E-state index contributed by atoms with van der Waals surface area (Å²) in [6, 6.07) is 30.8. The Kier molecular flexibility index (Phi) is 9.91. The van der Waals surface area contributed by atoms with Crippen LogP contribution in [-0.2, 0) is 16.1 Å². The van der Waals surface area contributed by atoms with Crippen molar-refractivity contribution in [3.05, 3.63) is 120 Å². The lowest BCUT2D eigenvalue weighted by Gasteiger charge is -2.24. The monoisotopic (exact) mass is 550 g/mol. The Morgan fingerprint density at radius 3 is 2.10 bits per heavy atom. The lowest BCUT2D eigenvalue weighted by atomic mass is 10.0. The van der Waals surface area contributed by atoms with Gasteiger partial charge in [0.2, 0.25) is 0 Å². The van der Waals surface area contributed by atoms with Crippen LogP contribution in [0.2, 0.25) is 0 Å². The summed E-state index contributed by atoms with van der Waals surface area (Å²) in [5, 5.41) is 9.01. The second-order valence-electron chi connectivity index (χ2n) is 9.58. The summed E-state index contributed by atoms with van der Waals surface area (Å²) in [7, 11) is 5.36. The number of nitrogens with zero attached hydrogens (tertiary/aromatic N) is 2. The number of amides is 1. The van der Waals surface area contributed by atoms with Crippen LogP contribution in [0, 0.1) is 0 Å². The molecule has 210 valence electrons. The van der Waals surface area contributed by atoms with Crippen molar-refractivity contribution >= 4 is 29.3 Å². The van der Waals surface area contributed by atoms with Gasteiger partial charge in [-0.1, -0.05) is 48.5 Å². The summed E-state index contributed by atoms with van der Waals surface area (Å²) in [6.07, 6.45) is 3.00. The molecular formula is C34H34N2O5. The lowest BCUT2D eigenvalue weighted by Crippen LogP contribution is -2.30. The molecule has 0 unspecified atom stereocenters. The van der Waals surface area contributed by atoms with E-state index in [1.807, 2.05) is 50.5 Å². The van der Waals surface area contributed by atoms with Crippen molar-refractivity contribution in [1.29, 1.82) is 0 Å². The Labute approximate surface area is 240 Å². The minimum absolute atomic E-state index is 0.0879. The standard InChI is InChI=1S/C34H34N2O5/c1-35(2)30-16-12-28(13-17-30)27-10-7-26(8-11-27)24-36(31-6-4-5-25(23-31)9-20-33(38)40-3)34(39)29-14-18-32(19-15-29)41-22-21-37/h4-20,23,37H,21-22,24H2,1-3H3/b20-9+. The third kappa shape index (κ3) is 7.84. The van der Waals surface area contributed by atoms with Crippen LogP contribution < -0.4 is 14.5 Å². The highest BCUT2D eigenvalue weighted by molar-refractivity contribution is 6.06. The van der Waals surface area contributed by atoms with Gasteiger partial charge in [-0.3, -0.25) is 4.79 Å². The molecule has 0 aliphatic heterocycles. The zero-order chi connectivity index (χ0) is 29.2. The minimum Gasteiger partial charge on any atom is -0.491 e. The molecule has 0 bridgehead atoms. The first kappa shape index (κ1) is 29.1. The Balaban J connectivity index is 1.62. The lowest BCUT2D eigenvalue weighted by molar-refractivity contribution is -0.134. The first-order valence-corrected chi connectivity index (χ1v) is 13.3. The van der Waals surface area contributed by atoms with Crippen LogP contribution in [0.25, 0.3) is 17.2 Å². The van der Waals surface area contributed by atoms with Gasteiger partial charge in [0.05, 0.1) is 20.3 Å². The van der Waals surface area contributed by atoms with Gasteiger partial charge in [0.25, 0.3) is 5.91 Å². The van der Waals surface area contributed by atoms with Crippen molar-refractivity contribution < 1.29 is 24.2 Å². The van der Waals surface area contributed by atoms with E-state index in [2.05, 4.69) is 41.3 Å². The average Bonchev–Trinajstić information content (AvgIpc) is 3.02. The summed E-state index contributed by atoms with van der Waals surface area (Å²) >= 11 is 0. The van der Waals surface area contributed by atoms with E-state index in [1.54, 1.807) is 35.2 Å². The molecule has 0 saturated carbocycles. The summed E-state index contributed by atoms with van der Waals surface area (Å²) in [5.41, 5.74) is 6.24. The molecule has 0 atom stereocenters. The Hall–Kier alpha value is -4.88. The highest BCUT2D eigenvalue weighted by atomic mass is 16.5. The number of carbonyl (C=O) groups excluding carboxylic acids is 2. The fraction of sp³-hybridized carbons (Fsp3) is 0.176. The zero-order valence-corrected chi connectivity index (χ0v) is 23.5. The first-order valence-electron chi connectivity index (χ1n) is 13.3. The molecule has 4 aromatic rings. The molecule has 0 spiro atoms. The van der Waals surface area contributed by atoms with E-state index in [9.17, 15) is 9.59 Å². The molecule has 7 heteroatoms. The van der Waals surface area contributed by atoms with Crippen molar-refractivity contribution in [2.24, 2.45) is 0 Å². The van der Waals surface area contributed by atoms with E-state index < -0.39 is 5.97 Å². The van der Waals surface area contributed by atoms with Crippen molar-refractivity contribution in [3.63, 3.8) is 0 Å². The quantitative estimate of drug-likeness (QED) is 0.187. The van der Waals surface area contributed by atoms with Crippen LogP contribution in [0.5, 0.6) is 5.75 Å². The maximum atomic E-state index is 13.8. The summed E-state index contributed by atoms with van der Waals surface area (Å²) in [5.74, 6) is -0.0641. The van der Waals surface area contributed by atoms with Crippen LogP contribution in [0.15, 0.2) is 103 Å². The molecule has 7 nitrogen and oxygen atoms in total. The smallest absolute Gasteiger partial charge is 0.330 e. The summed E-state index contributed by atoms with van der Waals surface area (Å²) in [4.78, 5) is 29.2. The van der Waals surface area contributed by atoms with Crippen molar-refractivity contribution in [3.8, 4) is 16.9 Å². The molecule has 1 N–H and O–H groups in total. The minimum atomic E-state index is -0.455. The summed E-state index contributed by atoms with van der Waals surface area (Å²) < 4.78 is 10.1. The number of rotatable bonds is 11. The predicted molar refractivity (Wildman–Crippen MR) is 163 cm³/mol. The molecule has 0 aliphatic rings. The maximum absolute atomic E-state index is 13.8.